The molecule has 176 valence electrons. The molecule has 0 saturated carbocycles. The number of nitro groups is 1. The zero-order valence-corrected chi connectivity index (χ0v) is 17.7. The summed E-state index contributed by atoms with van der Waals surface area (Å²) in [5.41, 5.74) is 1.03. The number of amides is 1. The maximum atomic E-state index is 12.3. The SMILES string of the molecule is C.C=CC=C.O=C(O[C@@H]1CCCN(C(=O)OCc2ccccc2)C1)c1ccc([N+](=O)[O-])cc1. The van der Waals surface area contributed by atoms with Crippen molar-refractivity contribution in [1.29, 1.82) is 0 Å². The highest BCUT2D eigenvalue weighted by Crippen LogP contribution is 2.18. The van der Waals surface area contributed by atoms with E-state index in [0.717, 1.165) is 5.56 Å². The number of non-ortho nitro benzene ring substituents is 1. The van der Waals surface area contributed by atoms with E-state index in [2.05, 4.69) is 13.2 Å². The summed E-state index contributed by atoms with van der Waals surface area (Å²) in [5, 5.41) is 10.7. The third-order valence-corrected chi connectivity index (χ3v) is 4.60. The summed E-state index contributed by atoms with van der Waals surface area (Å²) in [6.07, 6.45) is 3.72. The van der Waals surface area contributed by atoms with Crippen LogP contribution in [-0.4, -0.2) is 41.1 Å². The largest absolute Gasteiger partial charge is 0.457 e. The lowest BCUT2D eigenvalue weighted by molar-refractivity contribution is -0.384. The van der Waals surface area contributed by atoms with Gasteiger partial charge in [-0.3, -0.25) is 10.1 Å². The van der Waals surface area contributed by atoms with Gasteiger partial charge in [0.15, 0.2) is 0 Å². The van der Waals surface area contributed by atoms with Crippen LogP contribution in [-0.2, 0) is 16.1 Å². The monoisotopic (exact) mass is 454 g/mol. The van der Waals surface area contributed by atoms with E-state index in [1.54, 1.807) is 12.2 Å². The third-order valence-electron chi connectivity index (χ3n) is 4.60. The summed E-state index contributed by atoms with van der Waals surface area (Å²) < 4.78 is 10.8. The number of allylic oxidation sites excluding steroid dienone is 2. The molecule has 1 amide bonds. The molecule has 1 heterocycles. The van der Waals surface area contributed by atoms with Crippen molar-refractivity contribution in [2.45, 2.75) is 33.0 Å². The van der Waals surface area contributed by atoms with Crippen molar-refractivity contribution < 1.29 is 24.0 Å². The van der Waals surface area contributed by atoms with Gasteiger partial charge in [0, 0.05) is 18.7 Å². The lowest BCUT2D eigenvalue weighted by Crippen LogP contribution is -2.44. The number of esters is 1. The van der Waals surface area contributed by atoms with Crippen LogP contribution in [0.4, 0.5) is 10.5 Å². The van der Waals surface area contributed by atoms with E-state index in [4.69, 9.17) is 9.47 Å². The molecule has 2 aromatic rings. The van der Waals surface area contributed by atoms with Crippen LogP contribution in [0.3, 0.4) is 0 Å². The molecule has 0 radical (unpaired) electrons. The number of benzene rings is 2. The first-order chi connectivity index (χ1) is 15.4. The molecule has 3 rings (SSSR count). The minimum atomic E-state index is -0.570. The molecule has 1 aliphatic heterocycles. The molecule has 0 N–H and O–H groups in total. The number of carbonyl (C=O) groups excluding carboxylic acids is 2. The van der Waals surface area contributed by atoms with E-state index in [-0.39, 0.29) is 31.8 Å². The summed E-state index contributed by atoms with van der Waals surface area (Å²) in [7, 11) is 0. The van der Waals surface area contributed by atoms with Crippen molar-refractivity contribution in [3.05, 3.63) is 101 Å². The summed E-state index contributed by atoms with van der Waals surface area (Å²) in [5.74, 6) is -0.570. The van der Waals surface area contributed by atoms with Gasteiger partial charge in [0.2, 0.25) is 0 Å². The molecule has 8 heteroatoms. The topological polar surface area (TPSA) is 99.0 Å². The van der Waals surface area contributed by atoms with E-state index < -0.39 is 23.1 Å². The fourth-order valence-electron chi connectivity index (χ4n) is 2.95. The molecular weight excluding hydrogens is 424 g/mol. The highest BCUT2D eigenvalue weighted by Gasteiger charge is 2.27. The number of ether oxygens (including phenoxy) is 2. The van der Waals surface area contributed by atoms with Gasteiger partial charge in [-0.25, -0.2) is 9.59 Å². The number of piperidine rings is 1. The average Bonchev–Trinajstić information content (AvgIpc) is 2.83. The first kappa shape index (κ1) is 27.1. The lowest BCUT2D eigenvalue weighted by Gasteiger charge is -2.31. The van der Waals surface area contributed by atoms with Crippen molar-refractivity contribution in [3.63, 3.8) is 0 Å². The van der Waals surface area contributed by atoms with Gasteiger partial charge in [-0.2, -0.15) is 0 Å². The van der Waals surface area contributed by atoms with Gasteiger partial charge in [-0.05, 0) is 30.5 Å². The van der Waals surface area contributed by atoms with Crippen molar-refractivity contribution in [2.75, 3.05) is 13.1 Å². The minimum Gasteiger partial charge on any atom is -0.457 e. The van der Waals surface area contributed by atoms with E-state index in [9.17, 15) is 19.7 Å². The molecule has 1 atom stereocenters. The second-order valence-corrected chi connectivity index (χ2v) is 6.93. The summed E-state index contributed by atoms with van der Waals surface area (Å²) in [4.78, 5) is 36.2. The molecule has 0 aliphatic carbocycles. The summed E-state index contributed by atoms with van der Waals surface area (Å²) in [6, 6.07) is 14.6. The predicted octanol–water partition coefficient (Wildman–Crippen LogP) is 5.55. The van der Waals surface area contributed by atoms with Crippen LogP contribution in [0.25, 0.3) is 0 Å². The Kier molecular flexibility index (Phi) is 11.6. The second-order valence-electron chi connectivity index (χ2n) is 6.93. The number of hydrogen-bond acceptors (Lipinski definition) is 6. The standard InChI is InChI=1S/C20H20N2O6.C4H6.CH4/c23-19(16-8-10-17(11-9-16)22(25)26)28-18-7-4-12-21(13-18)20(24)27-14-15-5-2-1-3-6-15;1-3-4-2;/h1-3,5-6,8-11,18H,4,7,12-14H2;3-4H,1-2H2;1H4/t18-;;/m1../s1. The molecular formula is C25H30N2O6. The van der Waals surface area contributed by atoms with Crippen molar-refractivity contribution >= 4 is 17.7 Å². The zero-order valence-electron chi connectivity index (χ0n) is 17.7. The molecule has 0 bridgehead atoms. The fourth-order valence-corrected chi connectivity index (χ4v) is 2.95. The molecule has 2 aromatic carbocycles. The number of rotatable bonds is 6. The van der Waals surface area contributed by atoms with Gasteiger partial charge >= 0.3 is 12.1 Å². The zero-order chi connectivity index (χ0) is 23.3. The van der Waals surface area contributed by atoms with Crippen LogP contribution < -0.4 is 0 Å². The fraction of sp³-hybridized carbons (Fsp3) is 0.280. The molecule has 0 unspecified atom stereocenters. The number of carbonyl (C=O) groups is 2. The third kappa shape index (κ3) is 8.98. The van der Waals surface area contributed by atoms with E-state index in [1.165, 1.54) is 29.2 Å². The van der Waals surface area contributed by atoms with Gasteiger partial charge in [-0.15, -0.1) is 0 Å². The number of likely N-dealkylation sites (tertiary alicyclic amines) is 1. The normalized spacial score (nSPS) is 14.4. The summed E-state index contributed by atoms with van der Waals surface area (Å²) in [6.45, 7) is 7.70. The smallest absolute Gasteiger partial charge is 0.410 e. The van der Waals surface area contributed by atoms with E-state index in [1.807, 2.05) is 30.3 Å². The summed E-state index contributed by atoms with van der Waals surface area (Å²) >= 11 is 0. The Labute approximate surface area is 194 Å². The maximum absolute atomic E-state index is 12.3. The Hall–Kier alpha value is -3.94. The molecule has 0 aromatic heterocycles. The number of hydrogen-bond donors (Lipinski definition) is 0. The van der Waals surface area contributed by atoms with Crippen LogP contribution in [0.2, 0.25) is 0 Å². The Balaban J connectivity index is 0.00000101. The average molecular weight is 455 g/mol. The molecule has 1 fully saturated rings. The molecule has 1 saturated heterocycles. The van der Waals surface area contributed by atoms with Crippen LogP contribution in [0.1, 0.15) is 36.2 Å². The van der Waals surface area contributed by atoms with Crippen molar-refractivity contribution in [3.8, 4) is 0 Å². The molecule has 1 aliphatic rings. The quantitative estimate of drug-likeness (QED) is 0.246. The highest BCUT2D eigenvalue weighted by atomic mass is 16.6. The predicted molar refractivity (Wildman–Crippen MR) is 127 cm³/mol. The van der Waals surface area contributed by atoms with E-state index in [0.29, 0.717) is 19.4 Å². The number of nitrogens with zero attached hydrogens (tertiary/aromatic N) is 2. The van der Waals surface area contributed by atoms with Crippen molar-refractivity contribution in [2.24, 2.45) is 0 Å². The van der Waals surface area contributed by atoms with Gasteiger partial charge in [0.1, 0.15) is 12.7 Å². The van der Waals surface area contributed by atoms with Crippen molar-refractivity contribution in [1.82, 2.24) is 4.90 Å². The van der Waals surface area contributed by atoms with Gasteiger partial charge in [0.25, 0.3) is 5.69 Å². The maximum Gasteiger partial charge on any atom is 0.410 e. The molecule has 33 heavy (non-hydrogen) atoms. The first-order valence-corrected chi connectivity index (χ1v) is 10.1. The Morgan fingerprint density at radius 1 is 1.09 bits per heavy atom. The molecule has 0 spiro atoms. The Bertz CT molecular complexity index is 922. The van der Waals surface area contributed by atoms with Gasteiger partial charge < -0.3 is 14.4 Å². The van der Waals surface area contributed by atoms with Crippen LogP contribution in [0, 0.1) is 10.1 Å². The van der Waals surface area contributed by atoms with Gasteiger partial charge in [-0.1, -0.05) is 63.1 Å². The minimum absolute atomic E-state index is 0. The second kappa shape index (κ2) is 14.2. The highest BCUT2D eigenvalue weighted by molar-refractivity contribution is 5.89. The van der Waals surface area contributed by atoms with Crippen LogP contribution in [0.15, 0.2) is 79.9 Å². The number of nitro benzene ring substituents is 1. The molecule has 8 nitrogen and oxygen atoms in total. The van der Waals surface area contributed by atoms with E-state index >= 15 is 0 Å². The Morgan fingerprint density at radius 2 is 1.73 bits per heavy atom. The van der Waals surface area contributed by atoms with Gasteiger partial charge in [0.05, 0.1) is 17.0 Å². The van der Waals surface area contributed by atoms with Crippen LogP contribution >= 0.6 is 0 Å². The lowest BCUT2D eigenvalue weighted by atomic mass is 10.1. The van der Waals surface area contributed by atoms with Crippen LogP contribution in [0.5, 0.6) is 0 Å². The Morgan fingerprint density at radius 3 is 2.30 bits per heavy atom. The first-order valence-electron chi connectivity index (χ1n) is 10.1.